The monoisotopic (exact) mass is 221 g/mol. The highest BCUT2D eigenvalue weighted by molar-refractivity contribution is 8.00. The van der Waals surface area contributed by atoms with Gasteiger partial charge in [-0.1, -0.05) is 6.92 Å². The average Bonchev–Trinajstić information content (AvgIpc) is 2.22. The molecule has 0 aromatic heterocycles. The number of carbonyl (C=O) groups excluding carboxylic acids is 1. The van der Waals surface area contributed by atoms with Gasteiger partial charge in [0.15, 0.2) is 0 Å². The topological polar surface area (TPSA) is 72.5 Å². The van der Waals surface area contributed by atoms with E-state index in [2.05, 4.69) is 4.74 Å². The number of hydrogen-bond donors (Lipinski definition) is 2. The minimum absolute atomic E-state index is 0.0114. The molecule has 0 fully saturated rings. The molecular formula is C9H19NO3S. The Balaban J connectivity index is 3.67. The van der Waals surface area contributed by atoms with E-state index < -0.39 is 0 Å². The highest BCUT2D eigenvalue weighted by Gasteiger charge is 2.15. The Kier molecular flexibility index (Phi) is 7.93. The van der Waals surface area contributed by atoms with Crippen molar-refractivity contribution >= 4 is 17.7 Å². The first-order valence-electron chi connectivity index (χ1n) is 4.70. The molecule has 0 aromatic carbocycles. The summed E-state index contributed by atoms with van der Waals surface area (Å²) in [6.45, 7) is 2.04. The van der Waals surface area contributed by atoms with Crippen LogP contribution in [0.2, 0.25) is 0 Å². The van der Waals surface area contributed by atoms with Gasteiger partial charge in [0.05, 0.1) is 20.1 Å². The molecule has 0 radical (unpaired) electrons. The Morgan fingerprint density at radius 1 is 1.64 bits per heavy atom. The van der Waals surface area contributed by atoms with Crippen LogP contribution in [-0.2, 0) is 9.53 Å². The lowest BCUT2D eigenvalue weighted by Crippen LogP contribution is -2.34. The largest absolute Gasteiger partial charge is 0.469 e. The second kappa shape index (κ2) is 8.08. The van der Waals surface area contributed by atoms with Gasteiger partial charge in [-0.05, 0) is 6.42 Å². The SMILES string of the molecule is CCC(N)C(CO)SCCC(=O)OC. The minimum Gasteiger partial charge on any atom is -0.469 e. The molecule has 5 heteroatoms. The van der Waals surface area contributed by atoms with Crippen molar-refractivity contribution in [2.24, 2.45) is 5.73 Å². The fourth-order valence-corrected chi connectivity index (χ4v) is 2.10. The maximum atomic E-state index is 10.8. The Labute approximate surface area is 89.2 Å². The standard InChI is InChI=1S/C9H19NO3S/c1-3-7(10)8(6-11)14-5-4-9(12)13-2/h7-8,11H,3-6,10H2,1-2H3. The molecule has 2 atom stereocenters. The second-order valence-corrected chi connectivity index (χ2v) is 4.34. The summed E-state index contributed by atoms with van der Waals surface area (Å²) in [5, 5.41) is 9.05. The number of ether oxygens (including phenoxy) is 1. The second-order valence-electron chi connectivity index (χ2n) is 2.99. The summed E-state index contributed by atoms with van der Waals surface area (Å²) < 4.78 is 4.51. The van der Waals surface area contributed by atoms with Gasteiger partial charge >= 0.3 is 5.97 Å². The molecule has 0 spiro atoms. The predicted molar refractivity (Wildman–Crippen MR) is 58.2 cm³/mol. The third-order valence-electron chi connectivity index (χ3n) is 1.99. The first-order valence-corrected chi connectivity index (χ1v) is 5.75. The van der Waals surface area contributed by atoms with Crippen LogP contribution in [0.1, 0.15) is 19.8 Å². The van der Waals surface area contributed by atoms with Crippen LogP contribution >= 0.6 is 11.8 Å². The van der Waals surface area contributed by atoms with Gasteiger partial charge in [0.1, 0.15) is 0 Å². The maximum absolute atomic E-state index is 10.8. The number of carbonyl (C=O) groups is 1. The third-order valence-corrected chi connectivity index (χ3v) is 3.36. The normalized spacial score (nSPS) is 14.9. The molecule has 0 bridgehead atoms. The van der Waals surface area contributed by atoms with Crippen LogP contribution in [0.4, 0.5) is 0 Å². The Morgan fingerprint density at radius 3 is 2.71 bits per heavy atom. The van der Waals surface area contributed by atoms with E-state index >= 15 is 0 Å². The summed E-state index contributed by atoms with van der Waals surface area (Å²) in [5.41, 5.74) is 5.78. The highest BCUT2D eigenvalue weighted by Crippen LogP contribution is 2.16. The van der Waals surface area contributed by atoms with Crippen molar-refractivity contribution in [3.63, 3.8) is 0 Å². The molecule has 3 N–H and O–H groups in total. The van der Waals surface area contributed by atoms with Crippen molar-refractivity contribution < 1.29 is 14.6 Å². The van der Waals surface area contributed by atoms with Crippen molar-refractivity contribution in [3.05, 3.63) is 0 Å². The van der Waals surface area contributed by atoms with Gasteiger partial charge in [-0.2, -0.15) is 11.8 Å². The van der Waals surface area contributed by atoms with E-state index in [0.717, 1.165) is 6.42 Å². The molecule has 84 valence electrons. The first-order chi connectivity index (χ1) is 6.65. The summed E-state index contributed by atoms with van der Waals surface area (Å²) >= 11 is 1.52. The number of methoxy groups -OCH3 is 1. The van der Waals surface area contributed by atoms with Gasteiger partial charge in [0.2, 0.25) is 0 Å². The smallest absolute Gasteiger partial charge is 0.306 e. The Bertz CT molecular complexity index is 166. The molecule has 0 amide bonds. The summed E-state index contributed by atoms with van der Waals surface area (Å²) in [4.78, 5) is 10.8. The molecular weight excluding hydrogens is 202 g/mol. The van der Waals surface area contributed by atoms with Gasteiger partial charge in [-0.25, -0.2) is 0 Å². The van der Waals surface area contributed by atoms with Crippen molar-refractivity contribution in [2.75, 3.05) is 19.5 Å². The van der Waals surface area contributed by atoms with Gasteiger partial charge in [0.25, 0.3) is 0 Å². The van der Waals surface area contributed by atoms with Crippen LogP contribution in [0.3, 0.4) is 0 Å². The zero-order chi connectivity index (χ0) is 11.0. The van der Waals surface area contributed by atoms with Crippen molar-refractivity contribution in [2.45, 2.75) is 31.1 Å². The van der Waals surface area contributed by atoms with E-state index in [4.69, 9.17) is 10.8 Å². The third kappa shape index (κ3) is 5.47. The van der Waals surface area contributed by atoms with Crippen LogP contribution in [0, 0.1) is 0 Å². The van der Waals surface area contributed by atoms with E-state index in [9.17, 15) is 4.79 Å². The number of esters is 1. The number of thioether (sulfide) groups is 1. The van der Waals surface area contributed by atoms with E-state index in [1.165, 1.54) is 18.9 Å². The molecule has 0 rings (SSSR count). The summed E-state index contributed by atoms with van der Waals surface area (Å²) in [7, 11) is 1.37. The maximum Gasteiger partial charge on any atom is 0.306 e. The average molecular weight is 221 g/mol. The molecule has 0 aliphatic carbocycles. The van der Waals surface area contributed by atoms with Gasteiger partial charge in [-0.15, -0.1) is 0 Å². The molecule has 0 aliphatic rings. The van der Waals surface area contributed by atoms with Crippen molar-refractivity contribution in [1.82, 2.24) is 0 Å². The van der Waals surface area contributed by atoms with E-state index in [-0.39, 0.29) is 23.9 Å². The number of aliphatic hydroxyl groups excluding tert-OH is 1. The highest BCUT2D eigenvalue weighted by atomic mass is 32.2. The molecule has 0 aliphatic heterocycles. The molecule has 4 nitrogen and oxygen atoms in total. The van der Waals surface area contributed by atoms with Gasteiger partial charge in [-0.3, -0.25) is 4.79 Å². The number of nitrogens with two attached hydrogens (primary N) is 1. The lowest BCUT2D eigenvalue weighted by atomic mass is 10.2. The van der Waals surface area contributed by atoms with Gasteiger partial charge < -0.3 is 15.6 Å². The van der Waals surface area contributed by atoms with Crippen LogP contribution in [0.25, 0.3) is 0 Å². The van der Waals surface area contributed by atoms with Crippen LogP contribution in [0.15, 0.2) is 0 Å². The zero-order valence-corrected chi connectivity index (χ0v) is 9.55. The van der Waals surface area contributed by atoms with Crippen molar-refractivity contribution in [1.29, 1.82) is 0 Å². The zero-order valence-electron chi connectivity index (χ0n) is 8.73. The summed E-state index contributed by atoms with van der Waals surface area (Å²) in [6, 6.07) is -0.0114. The lowest BCUT2D eigenvalue weighted by molar-refractivity contribution is -0.140. The molecule has 0 saturated carbocycles. The molecule has 2 unspecified atom stereocenters. The Morgan fingerprint density at radius 2 is 2.29 bits per heavy atom. The predicted octanol–water partition coefficient (Wildman–Crippen LogP) is 0.381. The number of rotatable bonds is 7. The fraction of sp³-hybridized carbons (Fsp3) is 0.889. The Hall–Kier alpha value is -0.260. The fourth-order valence-electron chi connectivity index (χ4n) is 0.970. The van der Waals surface area contributed by atoms with E-state index in [0.29, 0.717) is 12.2 Å². The molecule has 0 aromatic rings. The van der Waals surface area contributed by atoms with E-state index in [1.54, 1.807) is 0 Å². The lowest BCUT2D eigenvalue weighted by Gasteiger charge is -2.19. The molecule has 0 heterocycles. The summed E-state index contributed by atoms with van der Waals surface area (Å²) in [6.07, 6.45) is 1.20. The minimum atomic E-state index is -0.223. The number of aliphatic hydroxyl groups is 1. The van der Waals surface area contributed by atoms with Crippen LogP contribution < -0.4 is 5.73 Å². The quantitative estimate of drug-likeness (QED) is 0.608. The van der Waals surface area contributed by atoms with Gasteiger partial charge in [0, 0.05) is 17.0 Å². The van der Waals surface area contributed by atoms with Crippen LogP contribution in [0.5, 0.6) is 0 Å². The molecule has 0 saturated heterocycles. The van der Waals surface area contributed by atoms with Crippen molar-refractivity contribution in [3.8, 4) is 0 Å². The summed E-state index contributed by atoms with van der Waals surface area (Å²) in [5.74, 6) is 0.422. The number of hydrogen-bond acceptors (Lipinski definition) is 5. The van der Waals surface area contributed by atoms with Crippen LogP contribution in [-0.4, -0.2) is 41.8 Å². The van der Waals surface area contributed by atoms with E-state index in [1.807, 2.05) is 6.92 Å². The first kappa shape index (κ1) is 13.7. The molecule has 14 heavy (non-hydrogen) atoms.